The quantitative estimate of drug-likeness (QED) is 0.724. The summed E-state index contributed by atoms with van der Waals surface area (Å²) in [6, 6.07) is 10.3. The summed E-state index contributed by atoms with van der Waals surface area (Å²) in [4.78, 5) is 4.61. The summed E-state index contributed by atoms with van der Waals surface area (Å²) in [6.45, 7) is 15.0. The van der Waals surface area contributed by atoms with Crippen molar-refractivity contribution < 1.29 is 14.0 Å². The van der Waals surface area contributed by atoms with E-state index in [1.54, 1.807) is 7.11 Å². The fourth-order valence-corrected chi connectivity index (χ4v) is 3.48. The molecule has 5 heteroatoms. The fourth-order valence-electron chi connectivity index (χ4n) is 3.48. The number of rotatable bonds is 4. The number of hydrogen-bond acceptors (Lipinski definition) is 4. The second kappa shape index (κ2) is 7.20. The lowest BCUT2D eigenvalue weighted by atomic mass is 9.77. The molecule has 0 bridgehead atoms. The third-order valence-corrected chi connectivity index (χ3v) is 5.59. The largest absolute Gasteiger partial charge is 0.498 e. The molecule has 0 atom stereocenters. The molecule has 4 nitrogen and oxygen atoms in total. The van der Waals surface area contributed by atoms with Crippen LogP contribution in [0.4, 0.5) is 0 Å². The number of methoxy groups -OCH3 is 1. The van der Waals surface area contributed by atoms with E-state index in [9.17, 15) is 0 Å². The highest BCUT2D eigenvalue weighted by Crippen LogP contribution is 2.38. The molecule has 1 aliphatic heterocycles. The number of pyridine rings is 1. The Kier molecular flexibility index (Phi) is 5.37. The second-order valence-corrected chi connectivity index (χ2v) is 9.80. The highest BCUT2D eigenvalue weighted by molar-refractivity contribution is 6.63. The Morgan fingerprint density at radius 3 is 2.25 bits per heavy atom. The van der Waals surface area contributed by atoms with Crippen LogP contribution in [-0.2, 0) is 15.7 Å². The average Bonchev–Trinajstić information content (AvgIpc) is 2.80. The summed E-state index contributed by atoms with van der Waals surface area (Å²) in [5, 5.41) is 0. The van der Waals surface area contributed by atoms with E-state index >= 15 is 0 Å². The number of benzene rings is 1. The molecular weight excluding hydrogens is 349 g/mol. The standard InChI is InChI=1S/C23H32BNO3/c1-21(2,3)15-16-12-13-25-19(14-16)17-10-9-11-18(20(17)26-8)24-27-22(4,5)23(6,7)28-24/h9-14H,15H2,1-8H3. The molecule has 1 aromatic heterocycles. The Morgan fingerprint density at radius 1 is 1.04 bits per heavy atom. The molecule has 2 heterocycles. The van der Waals surface area contributed by atoms with Crippen LogP contribution in [0.2, 0.25) is 0 Å². The van der Waals surface area contributed by atoms with Crippen molar-refractivity contribution in [3.63, 3.8) is 0 Å². The van der Waals surface area contributed by atoms with Gasteiger partial charge in [0.25, 0.3) is 0 Å². The Hall–Kier alpha value is -1.85. The lowest BCUT2D eigenvalue weighted by Gasteiger charge is -2.32. The molecule has 0 unspecified atom stereocenters. The number of para-hydroxylation sites is 1. The Balaban J connectivity index is 2.01. The van der Waals surface area contributed by atoms with Crippen molar-refractivity contribution in [1.82, 2.24) is 4.98 Å². The summed E-state index contributed by atoms with van der Waals surface area (Å²) in [5.41, 5.74) is 3.42. The molecule has 28 heavy (non-hydrogen) atoms. The Bertz CT molecular complexity index is 839. The number of aromatic nitrogens is 1. The van der Waals surface area contributed by atoms with E-state index in [1.807, 2.05) is 24.4 Å². The highest BCUT2D eigenvalue weighted by Gasteiger charge is 2.52. The molecule has 0 radical (unpaired) electrons. The van der Waals surface area contributed by atoms with Gasteiger partial charge in [0.05, 0.1) is 24.0 Å². The maximum Gasteiger partial charge on any atom is 0.498 e. The lowest BCUT2D eigenvalue weighted by Crippen LogP contribution is -2.41. The molecule has 2 aromatic rings. The van der Waals surface area contributed by atoms with Crippen molar-refractivity contribution in [1.29, 1.82) is 0 Å². The Morgan fingerprint density at radius 2 is 1.68 bits per heavy atom. The van der Waals surface area contributed by atoms with Crippen LogP contribution in [-0.4, -0.2) is 30.4 Å². The summed E-state index contributed by atoms with van der Waals surface area (Å²) in [7, 11) is 1.21. The first-order chi connectivity index (χ1) is 12.9. The van der Waals surface area contributed by atoms with Crippen LogP contribution in [0.15, 0.2) is 36.5 Å². The van der Waals surface area contributed by atoms with Crippen LogP contribution in [0.5, 0.6) is 5.75 Å². The van der Waals surface area contributed by atoms with Gasteiger partial charge in [-0.25, -0.2) is 0 Å². The maximum atomic E-state index is 6.25. The molecule has 1 fully saturated rings. The van der Waals surface area contributed by atoms with E-state index < -0.39 is 18.3 Å². The summed E-state index contributed by atoms with van der Waals surface area (Å²) >= 11 is 0. The molecule has 0 spiro atoms. The molecular formula is C23H32BNO3. The van der Waals surface area contributed by atoms with Crippen LogP contribution in [0.25, 0.3) is 11.3 Å². The van der Waals surface area contributed by atoms with Crippen molar-refractivity contribution in [3.8, 4) is 17.0 Å². The first kappa shape index (κ1) is 20.9. The maximum absolute atomic E-state index is 6.25. The van der Waals surface area contributed by atoms with Gasteiger partial charge in [0, 0.05) is 17.2 Å². The molecule has 1 aromatic carbocycles. The number of nitrogens with zero attached hydrogens (tertiary/aromatic N) is 1. The van der Waals surface area contributed by atoms with Gasteiger partial charge in [0.15, 0.2) is 0 Å². The molecule has 0 saturated carbocycles. The van der Waals surface area contributed by atoms with Crippen molar-refractivity contribution in [2.45, 2.75) is 66.1 Å². The summed E-state index contributed by atoms with van der Waals surface area (Å²) in [5.74, 6) is 0.751. The van der Waals surface area contributed by atoms with Gasteiger partial charge in [0.2, 0.25) is 0 Å². The smallest absolute Gasteiger partial charge is 0.496 e. The van der Waals surface area contributed by atoms with Gasteiger partial charge in [-0.3, -0.25) is 4.98 Å². The van der Waals surface area contributed by atoms with Gasteiger partial charge in [-0.1, -0.05) is 32.9 Å². The minimum atomic E-state index is -0.474. The van der Waals surface area contributed by atoms with Crippen LogP contribution in [0.1, 0.15) is 54.0 Å². The first-order valence-electron chi connectivity index (χ1n) is 9.91. The molecule has 1 saturated heterocycles. The third-order valence-electron chi connectivity index (χ3n) is 5.59. The SMILES string of the molecule is COc1c(B2OC(C)(C)C(C)(C)O2)cccc1-c1cc(CC(C)(C)C)ccn1. The van der Waals surface area contributed by atoms with Crippen molar-refractivity contribution in [3.05, 3.63) is 42.1 Å². The van der Waals surface area contributed by atoms with Crippen molar-refractivity contribution >= 4 is 12.6 Å². The van der Waals surface area contributed by atoms with Gasteiger partial charge in [-0.05, 0) is 63.3 Å². The Labute approximate surface area is 169 Å². The lowest BCUT2D eigenvalue weighted by molar-refractivity contribution is 0.00578. The van der Waals surface area contributed by atoms with Gasteiger partial charge in [-0.2, -0.15) is 0 Å². The predicted octanol–water partition coefficient (Wildman–Crippen LogP) is 4.65. The zero-order valence-corrected chi connectivity index (χ0v) is 18.4. The zero-order chi connectivity index (χ0) is 20.7. The fraction of sp³-hybridized carbons (Fsp3) is 0.522. The molecule has 0 aliphatic carbocycles. The minimum absolute atomic E-state index is 0.216. The normalized spacial score (nSPS) is 18.4. The van der Waals surface area contributed by atoms with E-state index in [1.165, 1.54) is 5.56 Å². The third kappa shape index (κ3) is 4.11. The van der Waals surface area contributed by atoms with Gasteiger partial charge in [0.1, 0.15) is 5.75 Å². The minimum Gasteiger partial charge on any atom is -0.496 e. The molecule has 3 rings (SSSR count). The van der Waals surface area contributed by atoms with E-state index in [4.69, 9.17) is 14.0 Å². The number of ether oxygens (including phenoxy) is 1. The molecule has 0 amide bonds. The van der Waals surface area contributed by atoms with Crippen LogP contribution < -0.4 is 10.2 Å². The number of hydrogen-bond donors (Lipinski definition) is 0. The van der Waals surface area contributed by atoms with Crippen molar-refractivity contribution in [2.24, 2.45) is 5.41 Å². The van der Waals surface area contributed by atoms with E-state index in [-0.39, 0.29) is 5.41 Å². The zero-order valence-electron chi connectivity index (χ0n) is 18.4. The van der Waals surface area contributed by atoms with Gasteiger partial charge < -0.3 is 14.0 Å². The first-order valence-corrected chi connectivity index (χ1v) is 9.91. The topological polar surface area (TPSA) is 40.6 Å². The van der Waals surface area contributed by atoms with E-state index in [0.29, 0.717) is 0 Å². The highest BCUT2D eigenvalue weighted by atomic mass is 16.7. The predicted molar refractivity (Wildman–Crippen MR) is 115 cm³/mol. The van der Waals surface area contributed by atoms with Crippen LogP contribution in [0.3, 0.4) is 0 Å². The van der Waals surface area contributed by atoms with Gasteiger partial charge >= 0.3 is 7.12 Å². The monoisotopic (exact) mass is 381 g/mol. The summed E-state index contributed by atoms with van der Waals surface area (Å²) in [6.07, 6.45) is 2.86. The van der Waals surface area contributed by atoms with Crippen LogP contribution in [0, 0.1) is 5.41 Å². The summed E-state index contributed by atoms with van der Waals surface area (Å²) < 4.78 is 18.3. The van der Waals surface area contributed by atoms with E-state index in [2.05, 4.69) is 65.6 Å². The van der Waals surface area contributed by atoms with Crippen molar-refractivity contribution in [2.75, 3.05) is 7.11 Å². The van der Waals surface area contributed by atoms with Gasteiger partial charge in [-0.15, -0.1) is 0 Å². The molecule has 1 aliphatic rings. The second-order valence-electron chi connectivity index (χ2n) is 9.80. The molecule has 150 valence electrons. The average molecular weight is 381 g/mol. The van der Waals surface area contributed by atoms with E-state index in [0.717, 1.165) is 28.9 Å². The molecule has 0 N–H and O–H groups in total. The van der Waals surface area contributed by atoms with Crippen LogP contribution >= 0.6 is 0 Å².